The van der Waals surface area contributed by atoms with Crippen molar-refractivity contribution in [3.63, 3.8) is 0 Å². The molecule has 0 unspecified atom stereocenters. The second kappa shape index (κ2) is 4.39. The van der Waals surface area contributed by atoms with E-state index in [1.54, 1.807) is 11.3 Å². The Morgan fingerprint density at radius 1 is 1.33 bits per heavy atom. The lowest BCUT2D eigenvalue weighted by atomic mass is 10.1. The molecule has 2 aromatic heterocycles. The Morgan fingerprint density at radius 2 is 2.17 bits per heavy atom. The van der Waals surface area contributed by atoms with Gasteiger partial charge in [-0.1, -0.05) is 6.92 Å². The van der Waals surface area contributed by atoms with Crippen molar-refractivity contribution in [1.29, 1.82) is 0 Å². The smallest absolute Gasteiger partial charge is 0.167 e. The van der Waals surface area contributed by atoms with Gasteiger partial charge in [0.25, 0.3) is 0 Å². The van der Waals surface area contributed by atoms with Gasteiger partial charge >= 0.3 is 0 Å². The zero-order valence-electron chi connectivity index (χ0n) is 10.9. The Bertz CT molecular complexity index is 582. The Hall–Kier alpha value is -1.36. The number of hydrogen-bond donors (Lipinski definition) is 1. The fourth-order valence-electron chi connectivity index (χ4n) is 2.73. The van der Waals surface area contributed by atoms with Crippen LogP contribution in [-0.4, -0.2) is 14.8 Å². The lowest BCUT2D eigenvalue weighted by molar-refractivity contribution is 0.663. The lowest BCUT2D eigenvalue weighted by Crippen LogP contribution is -2.03. The zero-order valence-corrected chi connectivity index (χ0v) is 11.7. The van der Waals surface area contributed by atoms with Crippen molar-refractivity contribution < 1.29 is 0 Å². The number of nitrogen functional groups attached to an aromatic ring is 1. The molecule has 1 aliphatic carbocycles. The molecule has 0 radical (unpaired) electrons. The molecule has 0 aromatic carbocycles. The lowest BCUT2D eigenvalue weighted by Gasteiger charge is -2.08. The molecular formula is C13H18N4S. The number of rotatable bonds is 3. The van der Waals surface area contributed by atoms with E-state index in [1.165, 1.54) is 23.3 Å². The minimum atomic E-state index is 0.907. The van der Waals surface area contributed by atoms with Crippen molar-refractivity contribution in [2.75, 3.05) is 5.73 Å². The summed E-state index contributed by atoms with van der Waals surface area (Å²) in [5.74, 6) is 1.94. The monoisotopic (exact) mass is 262 g/mol. The van der Waals surface area contributed by atoms with Crippen LogP contribution in [0, 0.1) is 6.92 Å². The van der Waals surface area contributed by atoms with Gasteiger partial charge in [0, 0.05) is 11.4 Å². The number of anilines is 1. The van der Waals surface area contributed by atoms with E-state index >= 15 is 0 Å². The summed E-state index contributed by atoms with van der Waals surface area (Å²) in [4.78, 5) is 1.45. The number of thiophene rings is 1. The highest BCUT2D eigenvalue weighted by molar-refractivity contribution is 7.16. The van der Waals surface area contributed by atoms with E-state index in [0.29, 0.717) is 0 Å². The molecule has 0 saturated heterocycles. The summed E-state index contributed by atoms with van der Waals surface area (Å²) in [6.07, 6.45) is 4.63. The molecule has 3 rings (SSSR count). The summed E-state index contributed by atoms with van der Waals surface area (Å²) in [5, 5.41) is 9.48. The van der Waals surface area contributed by atoms with Crippen LogP contribution in [0.3, 0.4) is 0 Å². The second-order valence-corrected chi connectivity index (χ2v) is 5.96. The quantitative estimate of drug-likeness (QED) is 0.925. The highest BCUT2D eigenvalue weighted by Crippen LogP contribution is 2.42. The number of aryl methyl sites for hydroxylation is 2. The highest BCUT2D eigenvalue weighted by atomic mass is 32.1. The topological polar surface area (TPSA) is 56.7 Å². The third-order valence-electron chi connectivity index (χ3n) is 3.56. The normalized spacial score (nSPS) is 14.1. The number of aromatic nitrogens is 3. The minimum Gasteiger partial charge on any atom is -0.390 e. The van der Waals surface area contributed by atoms with Crippen molar-refractivity contribution in [3.05, 3.63) is 16.3 Å². The largest absolute Gasteiger partial charge is 0.390 e. The van der Waals surface area contributed by atoms with Crippen molar-refractivity contribution in [1.82, 2.24) is 14.8 Å². The predicted molar refractivity (Wildman–Crippen MR) is 74.8 cm³/mol. The van der Waals surface area contributed by atoms with Crippen LogP contribution in [0.4, 0.5) is 5.00 Å². The van der Waals surface area contributed by atoms with Crippen LogP contribution < -0.4 is 5.73 Å². The van der Waals surface area contributed by atoms with Gasteiger partial charge in [-0.25, -0.2) is 0 Å². The van der Waals surface area contributed by atoms with Crippen LogP contribution in [0.5, 0.6) is 0 Å². The third kappa shape index (κ3) is 1.65. The molecule has 1 aliphatic rings. The maximum Gasteiger partial charge on any atom is 0.167 e. The van der Waals surface area contributed by atoms with E-state index < -0.39 is 0 Å². The Labute approximate surface area is 111 Å². The van der Waals surface area contributed by atoms with Gasteiger partial charge in [0.05, 0.1) is 10.6 Å². The maximum atomic E-state index is 6.20. The molecule has 2 heterocycles. The van der Waals surface area contributed by atoms with Crippen LogP contribution in [-0.2, 0) is 19.4 Å². The molecular weight excluding hydrogens is 244 g/mol. The molecule has 0 saturated carbocycles. The molecule has 5 heteroatoms. The van der Waals surface area contributed by atoms with Gasteiger partial charge in [-0.3, -0.25) is 0 Å². The molecule has 0 atom stereocenters. The third-order valence-corrected chi connectivity index (χ3v) is 4.68. The molecule has 0 bridgehead atoms. The van der Waals surface area contributed by atoms with Crippen molar-refractivity contribution in [2.24, 2.45) is 0 Å². The van der Waals surface area contributed by atoms with Crippen LogP contribution >= 0.6 is 11.3 Å². The van der Waals surface area contributed by atoms with E-state index in [2.05, 4.69) is 21.7 Å². The average Bonchev–Trinajstić information content (AvgIpc) is 2.97. The maximum absolute atomic E-state index is 6.20. The van der Waals surface area contributed by atoms with Gasteiger partial charge in [-0.15, -0.1) is 21.5 Å². The summed E-state index contributed by atoms with van der Waals surface area (Å²) >= 11 is 1.73. The van der Waals surface area contributed by atoms with Gasteiger partial charge in [0.1, 0.15) is 5.82 Å². The van der Waals surface area contributed by atoms with Gasteiger partial charge in [-0.05, 0) is 38.2 Å². The highest BCUT2D eigenvalue weighted by Gasteiger charge is 2.25. The first kappa shape index (κ1) is 11.7. The first-order valence-electron chi connectivity index (χ1n) is 6.52. The molecule has 4 nitrogen and oxygen atoms in total. The Balaban J connectivity index is 2.15. The fraction of sp³-hybridized carbons (Fsp3) is 0.538. The van der Waals surface area contributed by atoms with E-state index in [0.717, 1.165) is 41.6 Å². The molecule has 0 fully saturated rings. The zero-order chi connectivity index (χ0) is 12.7. The van der Waals surface area contributed by atoms with Crippen LogP contribution in [0.25, 0.3) is 11.4 Å². The number of nitrogens with two attached hydrogens (primary N) is 1. The van der Waals surface area contributed by atoms with E-state index in [4.69, 9.17) is 5.73 Å². The summed E-state index contributed by atoms with van der Waals surface area (Å²) in [5.41, 5.74) is 8.77. The fourth-order valence-corrected chi connectivity index (χ4v) is 3.88. The van der Waals surface area contributed by atoms with Gasteiger partial charge < -0.3 is 10.3 Å². The van der Waals surface area contributed by atoms with Crippen LogP contribution in [0.2, 0.25) is 0 Å². The van der Waals surface area contributed by atoms with Gasteiger partial charge in [0.15, 0.2) is 5.82 Å². The van der Waals surface area contributed by atoms with Crippen molar-refractivity contribution in [3.8, 4) is 11.4 Å². The number of fused-ring (bicyclic) bond motifs is 1. The standard InChI is InChI=1S/C13H18N4S/c1-3-7-17-8(2)15-16-13(17)11-9-5-4-6-10(9)18-12(11)14/h3-7,14H2,1-2H3. The summed E-state index contributed by atoms with van der Waals surface area (Å²) in [7, 11) is 0. The number of nitrogens with zero attached hydrogens (tertiary/aromatic N) is 3. The van der Waals surface area contributed by atoms with Gasteiger partial charge in [0.2, 0.25) is 0 Å². The first-order chi connectivity index (χ1) is 8.72. The van der Waals surface area contributed by atoms with Crippen LogP contribution in [0.1, 0.15) is 36.0 Å². The van der Waals surface area contributed by atoms with Crippen molar-refractivity contribution in [2.45, 2.75) is 46.1 Å². The van der Waals surface area contributed by atoms with E-state index in [9.17, 15) is 0 Å². The number of hydrogen-bond acceptors (Lipinski definition) is 4. The molecule has 96 valence electrons. The Kier molecular flexibility index (Phi) is 2.86. The minimum absolute atomic E-state index is 0.907. The molecule has 0 amide bonds. The molecule has 0 spiro atoms. The Morgan fingerprint density at radius 3 is 2.94 bits per heavy atom. The molecule has 0 aliphatic heterocycles. The van der Waals surface area contributed by atoms with Crippen molar-refractivity contribution >= 4 is 16.3 Å². The molecule has 18 heavy (non-hydrogen) atoms. The van der Waals surface area contributed by atoms with Gasteiger partial charge in [-0.2, -0.15) is 0 Å². The average molecular weight is 262 g/mol. The first-order valence-corrected chi connectivity index (χ1v) is 7.34. The molecule has 2 N–H and O–H groups in total. The van der Waals surface area contributed by atoms with E-state index in [-0.39, 0.29) is 0 Å². The molecule has 2 aromatic rings. The summed E-state index contributed by atoms with van der Waals surface area (Å²) in [6.45, 7) is 5.14. The van der Waals surface area contributed by atoms with Crippen LogP contribution in [0.15, 0.2) is 0 Å². The summed E-state index contributed by atoms with van der Waals surface area (Å²) in [6, 6.07) is 0. The predicted octanol–water partition coefficient (Wildman–Crippen LogP) is 2.80. The SMILES string of the molecule is CCCn1c(C)nnc1-c1c(N)sc2c1CCC2. The summed E-state index contributed by atoms with van der Waals surface area (Å²) < 4.78 is 2.19. The van der Waals surface area contributed by atoms with E-state index in [1.807, 2.05) is 6.92 Å². The second-order valence-electron chi connectivity index (χ2n) is 4.82.